The lowest BCUT2D eigenvalue weighted by molar-refractivity contribution is -0.144. The molecule has 5 heteroatoms. The van der Waals surface area contributed by atoms with Gasteiger partial charge in [0.1, 0.15) is 24.4 Å². The van der Waals surface area contributed by atoms with Crippen LogP contribution >= 0.6 is 0 Å². The summed E-state index contributed by atoms with van der Waals surface area (Å²) in [6.45, 7) is -0.301. The Labute approximate surface area is 63.2 Å². The zero-order valence-corrected chi connectivity index (χ0v) is 5.75. The van der Waals surface area contributed by atoms with Crippen LogP contribution in [0, 0.1) is 0 Å². The van der Waals surface area contributed by atoms with Gasteiger partial charge in [0.25, 0.3) is 0 Å². The molecule has 5 nitrogen and oxygen atoms in total. The Morgan fingerprint density at radius 1 is 1.09 bits per heavy atom. The molecule has 2 heterocycles. The Hall–Kier alpha value is -0.200. The van der Waals surface area contributed by atoms with E-state index in [1.165, 1.54) is 0 Å². The zero-order chi connectivity index (χ0) is 8.01. The summed E-state index contributed by atoms with van der Waals surface area (Å²) < 4.78 is 9.86. The number of fused-ring (bicyclic) bond motifs is 1. The maximum atomic E-state index is 9.22. The highest BCUT2D eigenvalue weighted by Crippen LogP contribution is 2.35. The molecule has 11 heavy (non-hydrogen) atoms. The van der Waals surface area contributed by atoms with Gasteiger partial charge >= 0.3 is 0 Å². The van der Waals surface area contributed by atoms with E-state index in [-0.39, 0.29) is 6.61 Å². The smallest absolute Gasteiger partial charge is 0.187 e. The van der Waals surface area contributed by atoms with Gasteiger partial charge in [-0.2, -0.15) is 0 Å². The Morgan fingerprint density at radius 3 is 2.45 bits per heavy atom. The molecule has 2 saturated heterocycles. The van der Waals surface area contributed by atoms with Gasteiger partial charge in [-0.05, 0) is 0 Å². The summed E-state index contributed by atoms with van der Waals surface area (Å²) in [6.07, 6.45) is -3.50. The molecule has 0 aromatic carbocycles. The number of aliphatic hydroxyl groups is 3. The largest absolute Gasteiger partial charge is 0.394 e. The first-order valence-corrected chi connectivity index (χ1v) is 3.52. The molecular weight excluding hydrogens is 152 g/mol. The lowest BCUT2D eigenvalue weighted by Gasteiger charge is -2.27. The highest BCUT2D eigenvalue weighted by molar-refractivity contribution is 4.96. The zero-order valence-electron chi connectivity index (χ0n) is 5.75. The Kier molecular flexibility index (Phi) is 1.62. The number of epoxide rings is 1. The molecule has 64 valence electrons. The Balaban J connectivity index is 2.03. The second kappa shape index (κ2) is 2.40. The van der Waals surface area contributed by atoms with E-state index >= 15 is 0 Å². The fraction of sp³-hybridized carbons (Fsp3) is 1.00. The van der Waals surface area contributed by atoms with Gasteiger partial charge in [0.2, 0.25) is 0 Å². The van der Waals surface area contributed by atoms with Gasteiger partial charge < -0.3 is 24.8 Å². The molecule has 0 aromatic heterocycles. The predicted molar refractivity (Wildman–Crippen MR) is 32.6 cm³/mol. The monoisotopic (exact) mass is 162 g/mol. The van der Waals surface area contributed by atoms with Crippen LogP contribution in [-0.2, 0) is 9.47 Å². The van der Waals surface area contributed by atoms with E-state index in [9.17, 15) is 10.2 Å². The molecular formula is C6H10O5. The first kappa shape index (κ1) is 7.45. The van der Waals surface area contributed by atoms with Crippen molar-refractivity contribution in [3.8, 4) is 0 Å². The van der Waals surface area contributed by atoms with E-state index in [0.29, 0.717) is 0 Å². The highest BCUT2D eigenvalue weighted by atomic mass is 16.8. The summed E-state index contributed by atoms with van der Waals surface area (Å²) in [4.78, 5) is 0. The fourth-order valence-electron chi connectivity index (χ4n) is 1.28. The van der Waals surface area contributed by atoms with Gasteiger partial charge in [-0.25, -0.2) is 0 Å². The molecule has 2 aliphatic rings. The van der Waals surface area contributed by atoms with Crippen LogP contribution in [0.1, 0.15) is 0 Å². The van der Waals surface area contributed by atoms with Crippen molar-refractivity contribution in [3.05, 3.63) is 0 Å². The minimum Gasteiger partial charge on any atom is -0.394 e. The summed E-state index contributed by atoms with van der Waals surface area (Å²) in [5, 5.41) is 27.1. The number of aliphatic hydroxyl groups excluding tert-OH is 3. The summed E-state index contributed by atoms with van der Waals surface area (Å²) in [5.74, 6) is 0. The van der Waals surface area contributed by atoms with Crippen molar-refractivity contribution in [1.29, 1.82) is 0 Å². The molecule has 2 rings (SSSR count). The maximum Gasteiger partial charge on any atom is 0.187 e. The highest BCUT2D eigenvalue weighted by Gasteiger charge is 2.55. The third-order valence-electron chi connectivity index (χ3n) is 2.04. The molecule has 5 atom stereocenters. The van der Waals surface area contributed by atoms with E-state index in [2.05, 4.69) is 0 Å². The van der Waals surface area contributed by atoms with E-state index < -0.39 is 30.7 Å². The summed E-state index contributed by atoms with van der Waals surface area (Å²) in [6, 6.07) is 0. The van der Waals surface area contributed by atoms with E-state index in [0.717, 1.165) is 0 Å². The van der Waals surface area contributed by atoms with Gasteiger partial charge in [0.05, 0.1) is 6.61 Å². The van der Waals surface area contributed by atoms with Gasteiger partial charge in [0.15, 0.2) is 6.29 Å². The van der Waals surface area contributed by atoms with E-state index in [4.69, 9.17) is 14.6 Å². The standard InChI is InChI=1S/C6H10O5/c7-1-2-3(8)4(9)5-6(10-2)11-5/h2-9H,1H2. The molecule has 0 aromatic rings. The van der Waals surface area contributed by atoms with E-state index in [1.807, 2.05) is 0 Å². The van der Waals surface area contributed by atoms with Gasteiger partial charge in [-0.3, -0.25) is 0 Å². The summed E-state index contributed by atoms with van der Waals surface area (Å²) >= 11 is 0. The summed E-state index contributed by atoms with van der Waals surface area (Å²) in [5.41, 5.74) is 0. The topological polar surface area (TPSA) is 82.5 Å². The first-order valence-electron chi connectivity index (χ1n) is 3.52. The van der Waals surface area contributed by atoms with Crippen molar-refractivity contribution in [2.24, 2.45) is 0 Å². The predicted octanol–water partition coefficient (Wildman–Crippen LogP) is -2.18. The third kappa shape index (κ3) is 1.05. The molecule has 0 spiro atoms. The Morgan fingerprint density at radius 2 is 1.82 bits per heavy atom. The molecule has 3 N–H and O–H groups in total. The van der Waals surface area contributed by atoms with Crippen LogP contribution in [-0.4, -0.2) is 52.6 Å². The molecule has 0 saturated carbocycles. The molecule has 0 bridgehead atoms. The minimum atomic E-state index is -1.04. The van der Waals surface area contributed by atoms with Gasteiger partial charge in [0, 0.05) is 0 Å². The van der Waals surface area contributed by atoms with Crippen LogP contribution in [0.4, 0.5) is 0 Å². The van der Waals surface area contributed by atoms with Crippen molar-refractivity contribution in [2.75, 3.05) is 6.61 Å². The molecule has 0 radical (unpaired) electrons. The van der Waals surface area contributed by atoms with Crippen LogP contribution in [0.15, 0.2) is 0 Å². The van der Waals surface area contributed by atoms with Crippen molar-refractivity contribution < 1.29 is 24.8 Å². The fourth-order valence-corrected chi connectivity index (χ4v) is 1.28. The van der Waals surface area contributed by atoms with Crippen molar-refractivity contribution >= 4 is 0 Å². The Bertz CT molecular complexity index is 161. The minimum absolute atomic E-state index is 0.301. The van der Waals surface area contributed by atoms with Crippen LogP contribution in [0.25, 0.3) is 0 Å². The van der Waals surface area contributed by atoms with Crippen LogP contribution in [0.3, 0.4) is 0 Å². The SMILES string of the molecule is OCC1OC2OC2C(O)C1O. The number of ether oxygens (including phenoxy) is 2. The van der Waals surface area contributed by atoms with Crippen LogP contribution in [0.5, 0.6) is 0 Å². The van der Waals surface area contributed by atoms with Crippen LogP contribution in [0.2, 0.25) is 0 Å². The van der Waals surface area contributed by atoms with Crippen LogP contribution < -0.4 is 0 Å². The average molecular weight is 162 g/mol. The maximum absolute atomic E-state index is 9.22. The molecule has 2 fully saturated rings. The molecule has 5 unspecified atom stereocenters. The number of rotatable bonds is 1. The van der Waals surface area contributed by atoms with Gasteiger partial charge in [-0.15, -0.1) is 0 Å². The van der Waals surface area contributed by atoms with Crippen molar-refractivity contribution in [1.82, 2.24) is 0 Å². The van der Waals surface area contributed by atoms with Crippen molar-refractivity contribution in [2.45, 2.75) is 30.7 Å². The third-order valence-corrected chi connectivity index (χ3v) is 2.04. The van der Waals surface area contributed by atoms with Gasteiger partial charge in [-0.1, -0.05) is 0 Å². The van der Waals surface area contributed by atoms with Crippen molar-refractivity contribution in [3.63, 3.8) is 0 Å². The first-order chi connectivity index (χ1) is 5.24. The number of hydrogen-bond acceptors (Lipinski definition) is 5. The lowest BCUT2D eigenvalue weighted by Crippen LogP contribution is -2.48. The second-order valence-electron chi connectivity index (χ2n) is 2.81. The summed E-state index contributed by atoms with van der Waals surface area (Å²) in [7, 11) is 0. The molecule has 0 aliphatic carbocycles. The van der Waals surface area contributed by atoms with E-state index in [1.54, 1.807) is 0 Å². The average Bonchev–Trinajstić information content (AvgIpc) is 2.75. The lowest BCUT2D eigenvalue weighted by atomic mass is 10.0. The normalized spacial score (nSPS) is 55.4. The second-order valence-corrected chi connectivity index (χ2v) is 2.81. The molecule has 2 aliphatic heterocycles. The molecule has 0 amide bonds. The number of hydrogen-bond donors (Lipinski definition) is 3. The quantitative estimate of drug-likeness (QED) is 0.382.